The Labute approximate surface area is 125 Å². The molecule has 0 N–H and O–H groups in total. The number of ketones is 1. The second kappa shape index (κ2) is 6.98. The summed E-state index contributed by atoms with van der Waals surface area (Å²) in [7, 11) is 0. The molecule has 107 valence electrons. The first-order valence-corrected chi connectivity index (χ1v) is 7.25. The molecular formula is C19H19O2. The molecule has 1 atom stereocenters. The summed E-state index contributed by atoms with van der Waals surface area (Å²) in [6.45, 7) is 1.86. The van der Waals surface area contributed by atoms with Crippen LogP contribution in [0, 0.1) is 0 Å². The van der Waals surface area contributed by atoms with E-state index in [1.165, 1.54) is 0 Å². The smallest absolute Gasteiger partial charge is 0.217 e. The minimum atomic E-state index is -1.13. The fourth-order valence-corrected chi connectivity index (χ4v) is 2.59. The third kappa shape index (κ3) is 3.27. The highest BCUT2D eigenvalue weighted by atomic mass is 16.1. The zero-order valence-corrected chi connectivity index (χ0v) is 12.2. The second-order valence-corrected chi connectivity index (χ2v) is 5.14. The standard InChI is InChI=1S/C19H19O2/c1-2-19(15-20,17-11-7-4-8-12-17)18(21)14-13-16-9-5-3-6-10-16/h3-12H,2,13-14H2,1H3. The molecule has 2 aromatic rings. The molecule has 0 aliphatic carbocycles. The van der Waals surface area contributed by atoms with Crippen molar-refractivity contribution < 1.29 is 9.59 Å². The van der Waals surface area contributed by atoms with Gasteiger partial charge in [0, 0.05) is 6.42 Å². The van der Waals surface area contributed by atoms with Crippen LogP contribution >= 0.6 is 0 Å². The van der Waals surface area contributed by atoms with Gasteiger partial charge >= 0.3 is 0 Å². The van der Waals surface area contributed by atoms with Gasteiger partial charge in [0.2, 0.25) is 6.29 Å². The van der Waals surface area contributed by atoms with Gasteiger partial charge in [0.25, 0.3) is 0 Å². The molecule has 0 heterocycles. The zero-order valence-electron chi connectivity index (χ0n) is 12.2. The van der Waals surface area contributed by atoms with Crippen LogP contribution in [0.1, 0.15) is 30.9 Å². The van der Waals surface area contributed by atoms with Crippen molar-refractivity contribution in [1.29, 1.82) is 0 Å². The summed E-state index contributed by atoms with van der Waals surface area (Å²) in [5.41, 5.74) is 0.714. The van der Waals surface area contributed by atoms with E-state index in [0.29, 0.717) is 19.3 Å². The SMILES string of the molecule is CCC([C]=O)(C(=O)CCc1ccccc1)c1ccccc1. The normalized spacial score (nSPS) is 13.4. The van der Waals surface area contributed by atoms with Gasteiger partial charge in [-0.3, -0.25) is 9.59 Å². The largest absolute Gasteiger partial charge is 0.298 e. The maximum Gasteiger partial charge on any atom is 0.217 e. The Kier molecular flexibility index (Phi) is 5.04. The van der Waals surface area contributed by atoms with E-state index in [2.05, 4.69) is 0 Å². The first kappa shape index (κ1) is 15.2. The van der Waals surface area contributed by atoms with Gasteiger partial charge in [0.15, 0.2) is 5.78 Å². The maximum absolute atomic E-state index is 12.6. The molecule has 0 fully saturated rings. The fourth-order valence-electron chi connectivity index (χ4n) is 2.59. The molecule has 21 heavy (non-hydrogen) atoms. The molecule has 0 saturated heterocycles. The molecule has 0 spiro atoms. The zero-order chi connectivity index (χ0) is 15.1. The van der Waals surface area contributed by atoms with Gasteiger partial charge in [0.1, 0.15) is 5.41 Å². The van der Waals surface area contributed by atoms with Crippen molar-refractivity contribution in [3.8, 4) is 0 Å². The number of aryl methyl sites for hydroxylation is 1. The van der Waals surface area contributed by atoms with Gasteiger partial charge in [-0.05, 0) is 24.0 Å². The summed E-state index contributed by atoms with van der Waals surface area (Å²) in [6, 6.07) is 19.1. The van der Waals surface area contributed by atoms with E-state index in [9.17, 15) is 9.59 Å². The molecular weight excluding hydrogens is 260 g/mol. The van der Waals surface area contributed by atoms with E-state index in [-0.39, 0.29) is 5.78 Å². The Morgan fingerprint density at radius 2 is 1.57 bits per heavy atom. The molecule has 2 heteroatoms. The highest BCUT2D eigenvalue weighted by Gasteiger charge is 2.38. The van der Waals surface area contributed by atoms with Crippen LogP contribution in [0.25, 0.3) is 0 Å². The van der Waals surface area contributed by atoms with Crippen LogP contribution < -0.4 is 0 Å². The number of hydrogen-bond donors (Lipinski definition) is 0. The first-order chi connectivity index (χ1) is 10.2. The van der Waals surface area contributed by atoms with E-state index in [4.69, 9.17) is 0 Å². The van der Waals surface area contributed by atoms with Crippen molar-refractivity contribution >= 4 is 12.1 Å². The number of hydrogen-bond acceptors (Lipinski definition) is 2. The molecule has 0 saturated carbocycles. The van der Waals surface area contributed by atoms with Crippen LogP contribution in [-0.2, 0) is 21.4 Å². The van der Waals surface area contributed by atoms with E-state index < -0.39 is 5.41 Å². The molecule has 1 radical (unpaired) electrons. The van der Waals surface area contributed by atoms with Crippen molar-refractivity contribution in [3.05, 3.63) is 71.8 Å². The summed E-state index contributed by atoms with van der Waals surface area (Å²) in [6.07, 6.45) is 3.45. The predicted octanol–water partition coefficient (Wildman–Crippen LogP) is 3.65. The highest BCUT2D eigenvalue weighted by Crippen LogP contribution is 2.28. The quantitative estimate of drug-likeness (QED) is 0.725. The third-order valence-electron chi connectivity index (χ3n) is 3.93. The van der Waals surface area contributed by atoms with E-state index in [1.54, 1.807) is 0 Å². The monoisotopic (exact) mass is 279 g/mol. The van der Waals surface area contributed by atoms with Crippen LogP contribution in [0.3, 0.4) is 0 Å². The average Bonchev–Trinajstić information content (AvgIpc) is 2.56. The summed E-state index contributed by atoms with van der Waals surface area (Å²) >= 11 is 0. The van der Waals surface area contributed by atoms with Crippen molar-refractivity contribution in [2.75, 3.05) is 0 Å². The Balaban J connectivity index is 2.18. The fraction of sp³-hybridized carbons (Fsp3) is 0.263. The molecule has 0 aliphatic heterocycles. The average molecular weight is 279 g/mol. The molecule has 2 aromatic carbocycles. The van der Waals surface area contributed by atoms with Crippen molar-refractivity contribution in [2.24, 2.45) is 0 Å². The highest BCUT2D eigenvalue weighted by molar-refractivity contribution is 6.04. The molecule has 1 unspecified atom stereocenters. The van der Waals surface area contributed by atoms with E-state index >= 15 is 0 Å². The topological polar surface area (TPSA) is 34.1 Å². The lowest BCUT2D eigenvalue weighted by atomic mass is 9.74. The number of carbonyl (C=O) groups excluding carboxylic acids is 2. The number of Topliss-reactive ketones (excluding diaryl/α,β-unsaturated/α-hetero) is 1. The van der Waals surface area contributed by atoms with Crippen LogP contribution in [0.4, 0.5) is 0 Å². The number of benzene rings is 2. The first-order valence-electron chi connectivity index (χ1n) is 7.25. The number of carbonyl (C=O) groups is 1. The van der Waals surface area contributed by atoms with Gasteiger partial charge in [0.05, 0.1) is 0 Å². The van der Waals surface area contributed by atoms with Gasteiger partial charge in [-0.2, -0.15) is 0 Å². The Morgan fingerprint density at radius 3 is 2.10 bits per heavy atom. The molecule has 0 bridgehead atoms. The lowest BCUT2D eigenvalue weighted by Crippen LogP contribution is -2.37. The Hall–Kier alpha value is -2.22. The maximum atomic E-state index is 12.6. The summed E-state index contributed by atoms with van der Waals surface area (Å²) in [5.74, 6) is -0.0601. The minimum absolute atomic E-state index is 0.0601. The molecule has 0 aromatic heterocycles. The molecule has 0 amide bonds. The predicted molar refractivity (Wildman–Crippen MR) is 83.9 cm³/mol. The van der Waals surface area contributed by atoms with E-state index in [1.807, 2.05) is 73.9 Å². The van der Waals surface area contributed by atoms with Crippen molar-refractivity contribution in [3.63, 3.8) is 0 Å². The Morgan fingerprint density at radius 1 is 1.00 bits per heavy atom. The molecule has 2 rings (SSSR count). The van der Waals surface area contributed by atoms with Gasteiger partial charge < -0.3 is 0 Å². The van der Waals surface area contributed by atoms with Crippen LogP contribution in [-0.4, -0.2) is 12.1 Å². The third-order valence-corrected chi connectivity index (χ3v) is 3.93. The molecule has 2 nitrogen and oxygen atoms in total. The number of rotatable bonds is 7. The van der Waals surface area contributed by atoms with Crippen LogP contribution in [0.15, 0.2) is 60.7 Å². The van der Waals surface area contributed by atoms with Crippen molar-refractivity contribution in [1.82, 2.24) is 0 Å². The van der Waals surface area contributed by atoms with Gasteiger partial charge in [-0.15, -0.1) is 0 Å². The molecule has 0 aliphatic rings. The van der Waals surface area contributed by atoms with Gasteiger partial charge in [-0.25, -0.2) is 0 Å². The Bertz CT molecular complexity index is 589. The second-order valence-electron chi connectivity index (χ2n) is 5.14. The van der Waals surface area contributed by atoms with Gasteiger partial charge in [-0.1, -0.05) is 67.6 Å². The summed E-state index contributed by atoms with van der Waals surface area (Å²) < 4.78 is 0. The van der Waals surface area contributed by atoms with Crippen molar-refractivity contribution in [2.45, 2.75) is 31.6 Å². The lowest BCUT2D eigenvalue weighted by Gasteiger charge is -2.24. The lowest BCUT2D eigenvalue weighted by molar-refractivity contribution is -0.122. The summed E-state index contributed by atoms with van der Waals surface area (Å²) in [5, 5.41) is 0. The minimum Gasteiger partial charge on any atom is -0.298 e. The van der Waals surface area contributed by atoms with E-state index in [0.717, 1.165) is 11.1 Å². The van der Waals surface area contributed by atoms with Crippen LogP contribution in [0.5, 0.6) is 0 Å². The summed E-state index contributed by atoms with van der Waals surface area (Å²) in [4.78, 5) is 24.2. The van der Waals surface area contributed by atoms with Crippen LogP contribution in [0.2, 0.25) is 0 Å².